The lowest BCUT2D eigenvalue weighted by Crippen LogP contribution is -2.30. The minimum Gasteiger partial charge on any atom is -0.476 e. The molecule has 1 aliphatic heterocycles. The highest BCUT2D eigenvalue weighted by atomic mass is 16.6. The van der Waals surface area contributed by atoms with Gasteiger partial charge >= 0.3 is 0 Å². The number of likely N-dealkylation sites (N-methyl/N-ethyl adjacent to an activating group) is 1. The maximum absolute atomic E-state index is 6.10. The molecule has 1 saturated carbocycles. The van der Waals surface area contributed by atoms with Crippen LogP contribution in [-0.2, 0) is 4.84 Å². The molecule has 2 aliphatic rings. The van der Waals surface area contributed by atoms with Gasteiger partial charge in [0.2, 0.25) is 11.8 Å². The van der Waals surface area contributed by atoms with Gasteiger partial charge in [0.1, 0.15) is 18.2 Å². The van der Waals surface area contributed by atoms with E-state index in [1.54, 1.807) is 12.1 Å². The number of ether oxygens (including phenoxy) is 1. The van der Waals surface area contributed by atoms with Crippen LogP contribution in [0, 0.1) is 0 Å². The van der Waals surface area contributed by atoms with E-state index >= 15 is 0 Å². The maximum atomic E-state index is 6.10. The number of anilines is 3. The third-order valence-corrected chi connectivity index (χ3v) is 6.72. The van der Waals surface area contributed by atoms with Crippen LogP contribution in [0.15, 0.2) is 60.9 Å². The lowest BCUT2D eigenvalue weighted by atomic mass is 10.1. The Morgan fingerprint density at radius 1 is 1.19 bits per heavy atom. The van der Waals surface area contributed by atoms with Gasteiger partial charge in [0, 0.05) is 29.8 Å². The Labute approximate surface area is 216 Å². The molecule has 0 amide bonds. The molecule has 3 aromatic rings. The molecule has 2 fully saturated rings. The fraction of sp³-hybridized carbons (Fsp3) is 0.370. The van der Waals surface area contributed by atoms with Gasteiger partial charge in [-0.1, -0.05) is 36.9 Å². The summed E-state index contributed by atoms with van der Waals surface area (Å²) in [6, 6.07) is 14.0. The molecular formula is C27H34N8O2. The number of aromatic nitrogens is 4. The summed E-state index contributed by atoms with van der Waals surface area (Å²) in [5.74, 6) is 8.76. The molecule has 10 nitrogen and oxygen atoms in total. The summed E-state index contributed by atoms with van der Waals surface area (Å²) >= 11 is 0. The minimum atomic E-state index is 0.269. The van der Waals surface area contributed by atoms with Crippen LogP contribution in [0.2, 0.25) is 0 Å². The zero-order valence-electron chi connectivity index (χ0n) is 21.1. The average Bonchev–Trinajstić information content (AvgIpc) is 3.53. The Hall–Kier alpha value is -3.89. The molecule has 0 unspecified atom stereocenters. The zero-order valence-corrected chi connectivity index (χ0v) is 21.1. The van der Waals surface area contributed by atoms with E-state index in [2.05, 4.69) is 49.3 Å². The molecule has 5 N–H and O–H groups in total. The van der Waals surface area contributed by atoms with Gasteiger partial charge in [0.05, 0.1) is 6.54 Å². The number of hydrogen-bond acceptors (Lipinski definition) is 9. The molecule has 194 valence electrons. The fourth-order valence-electron chi connectivity index (χ4n) is 4.37. The van der Waals surface area contributed by atoms with Crippen molar-refractivity contribution in [2.75, 3.05) is 37.4 Å². The predicted molar refractivity (Wildman–Crippen MR) is 144 cm³/mol. The molecule has 5 rings (SSSR count). The summed E-state index contributed by atoms with van der Waals surface area (Å²) in [4.78, 5) is 16.6. The van der Waals surface area contributed by atoms with Crippen molar-refractivity contribution in [1.29, 1.82) is 0 Å². The SMILES string of the molecule is C=C(/C=C(/CNc1nc(Nc2cc(C3CC3)[nH]n2)cc(OC[C@@H]2CCCN2C)n1)ON)c1ccccc1. The Balaban J connectivity index is 1.30. The van der Waals surface area contributed by atoms with Gasteiger partial charge in [-0.15, -0.1) is 0 Å². The molecule has 37 heavy (non-hydrogen) atoms. The number of likely N-dealkylation sites (tertiary alicyclic amines) is 1. The average molecular weight is 503 g/mol. The first-order chi connectivity index (χ1) is 18.1. The lowest BCUT2D eigenvalue weighted by molar-refractivity contribution is 0.193. The van der Waals surface area contributed by atoms with Crippen molar-refractivity contribution < 1.29 is 9.57 Å². The van der Waals surface area contributed by atoms with Crippen LogP contribution < -0.4 is 21.3 Å². The van der Waals surface area contributed by atoms with Crippen molar-refractivity contribution in [2.24, 2.45) is 5.90 Å². The Morgan fingerprint density at radius 3 is 2.76 bits per heavy atom. The molecular weight excluding hydrogens is 468 g/mol. The van der Waals surface area contributed by atoms with E-state index in [4.69, 9.17) is 15.5 Å². The number of nitrogens with zero attached hydrogens (tertiary/aromatic N) is 4. The van der Waals surface area contributed by atoms with E-state index in [9.17, 15) is 0 Å². The topological polar surface area (TPSA) is 126 Å². The molecule has 2 aromatic heterocycles. The standard InChI is InChI=1S/C27H34N8O2/c1-18(19-7-4-3-5-8-19)13-22(37-28)16-29-27-31-24(30-25-14-23(33-34-25)20-10-11-20)15-26(32-27)36-17-21-9-6-12-35(21)2/h3-5,7-8,13-15,20-21H,1,6,9-12,16-17,28H2,2H3,(H3,29,30,31,32,33,34)/b22-13-/t21-/m0/s1. The summed E-state index contributed by atoms with van der Waals surface area (Å²) in [6.07, 6.45) is 6.49. The van der Waals surface area contributed by atoms with Crippen LogP contribution in [0.5, 0.6) is 5.88 Å². The van der Waals surface area contributed by atoms with Gasteiger partial charge in [-0.2, -0.15) is 21.0 Å². The number of rotatable bonds is 12. The number of allylic oxidation sites excluding steroid dienone is 2. The summed E-state index contributed by atoms with van der Waals surface area (Å²) in [6.45, 7) is 6.03. The predicted octanol–water partition coefficient (Wildman–Crippen LogP) is 4.19. The van der Waals surface area contributed by atoms with Gasteiger partial charge in [0.15, 0.2) is 5.82 Å². The van der Waals surface area contributed by atoms with Crippen molar-refractivity contribution in [1.82, 2.24) is 25.1 Å². The highest BCUT2D eigenvalue weighted by Crippen LogP contribution is 2.39. The number of aromatic amines is 1. The first kappa shape index (κ1) is 24.8. The van der Waals surface area contributed by atoms with Crippen LogP contribution in [0.1, 0.15) is 42.9 Å². The van der Waals surface area contributed by atoms with Crippen molar-refractivity contribution >= 4 is 23.2 Å². The first-order valence-electron chi connectivity index (χ1n) is 12.7. The van der Waals surface area contributed by atoms with Gasteiger partial charge < -0.3 is 25.1 Å². The number of nitrogens with two attached hydrogens (primary N) is 1. The Kier molecular flexibility index (Phi) is 7.67. The number of hydrogen-bond donors (Lipinski definition) is 4. The Bertz CT molecular complexity index is 1240. The second-order valence-electron chi connectivity index (χ2n) is 9.58. The molecule has 0 spiro atoms. The third kappa shape index (κ3) is 6.66. The lowest BCUT2D eigenvalue weighted by Gasteiger charge is -2.19. The quantitative estimate of drug-likeness (QED) is 0.164. The molecule has 3 heterocycles. The van der Waals surface area contributed by atoms with Crippen LogP contribution in [-0.4, -0.2) is 57.9 Å². The van der Waals surface area contributed by atoms with E-state index in [0.717, 1.165) is 29.8 Å². The van der Waals surface area contributed by atoms with Gasteiger partial charge in [0.25, 0.3) is 0 Å². The molecule has 0 bridgehead atoms. The molecule has 1 saturated heterocycles. The van der Waals surface area contributed by atoms with Crippen molar-refractivity contribution in [3.8, 4) is 5.88 Å². The summed E-state index contributed by atoms with van der Waals surface area (Å²) in [5, 5.41) is 14.0. The smallest absolute Gasteiger partial charge is 0.228 e. The van der Waals surface area contributed by atoms with E-state index in [1.165, 1.54) is 19.3 Å². The molecule has 0 radical (unpaired) electrons. The largest absolute Gasteiger partial charge is 0.476 e. The second kappa shape index (κ2) is 11.4. The summed E-state index contributed by atoms with van der Waals surface area (Å²) < 4.78 is 6.10. The van der Waals surface area contributed by atoms with Gasteiger partial charge in [-0.3, -0.25) is 5.10 Å². The van der Waals surface area contributed by atoms with Crippen molar-refractivity contribution in [3.63, 3.8) is 0 Å². The minimum absolute atomic E-state index is 0.269. The number of H-pyrrole nitrogens is 1. The molecule has 1 atom stereocenters. The third-order valence-electron chi connectivity index (χ3n) is 6.72. The van der Waals surface area contributed by atoms with Crippen LogP contribution in [0.4, 0.5) is 17.6 Å². The van der Waals surface area contributed by atoms with Gasteiger partial charge in [-0.25, -0.2) is 0 Å². The number of nitrogens with one attached hydrogen (secondary N) is 3. The number of benzene rings is 1. The van der Waals surface area contributed by atoms with E-state index in [1.807, 2.05) is 36.4 Å². The van der Waals surface area contributed by atoms with Crippen molar-refractivity contribution in [2.45, 2.75) is 37.6 Å². The first-order valence-corrected chi connectivity index (χ1v) is 12.7. The normalized spacial score (nSPS) is 18.0. The van der Waals surface area contributed by atoms with Gasteiger partial charge in [-0.05, 0) is 56.5 Å². The van der Waals surface area contributed by atoms with E-state index in [-0.39, 0.29) is 6.54 Å². The maximum Gasteiger partial charge on any atom is 0.228 e. The molecule has 1 aromatic carbocycles. The summed E-state index contributed by atoms with van der Waals surface area (Å²) in [7, 11) is 2.12. The highest BCUT2D eigenvalue weighted by Gasteiger charge is 2.26. The molecule has 10 heteroatoms. The van der Waals surface area contributed by atoms with Crippen LogP contribution >= 0.6 is 0 Å². The van der Waals surface area contributed by atoms with E-state index < -0.39 is 0 Å². The second-order valence-corrected chi connectivity index (χ2v) is 9.58. The fourth-order valence-corrected chi connectivity index (χ4v) is 4.37. The Morgan fingerprint density at radius 2 is 2.03 bits per heavy atom. The van der Waals surface area contributed by atoms with Crippen LogP contribution in [0.25, 0.3) is 5.57 Å². The zero-order chi connectivity index (χ0) is 25.6. The summed E-state index contributed by atoms with van der Waals surface area (Å²) in [5.41, 5.74) is 2.91. The molecule has 1 aliphatic carbocycles. The monoisotopic (exact) mass is 502 g/mol. The van der Waals surface area contributed by atoms with Crippen molar-refractivity contribution in [3.05, 3.63) is 72.1 Å². The van der Waals surface area contributed by atoms with E-state index in [0.29, 0.717) is 47.8 Å². The van der Waals surface area contributed by atoms with Crippen LogP contribution in [0.3, 0.4) is 0 Å². The highest BCUT2D eigenvalue weighted by molar-refractivity contribution is 5.72.